The van der Waals surface area contributed by atoms with E-state index in [1.54, 1.807) is 12.2 Å². The van der Waals surface area contributed by atoms with Crippen LogP contribution in [-0.2, 0) is 0 Å². The molecule has 1 aliphatic rings. The van der Waals surface area contributed by atoms with Gasteiger partial charge in [-0.3, -0.25) is 0 Å². The second-order valence-corrected chi connectivity index (χ2v) is 4.32. The maximum atomic E-state index is 12.7. The lowest BCUT2D eigenvalue weighted by Gasteiger charge is -2.31. The molecule has 0 aromatic heterocycles. The van der Waals surface area contributed by atoms with Crippen LogP contribution in [0.15, 0.2) is 23.8 Å². The maximum absolute atomic E-state index is 12.7. The summed E-state index contributed by atoms with van der Waals surface area (Å²) in [5.41, 5.74) is -0.905. The normalized spacial score (nSPS) is 28.1. The fourth-order valence-corrected chi connectivity index (χ4v) is 1.47. The van der Waals surface area contributed by atoms with Crippen molar-refractivity contribution in [2.75, 3.05) is 0 Å². The summed E-state index contributed by atoms with van der Waals surface area (Å²) in [5.74, 6) is 0.147. The van der Waals surface area contributed by atoms with Crippen molar-refractivity contribution in [3.05, 3.63) is 23.8 Å². The van der Waals surface area contributed by atoms with E-state index in [1.165, 1.54) is 13.0 Å². The highest BCUT2D eigenvalue weighted by molar-refractivity contribution is 5.29. The zero-order valence-corrected chi connectivity index (χ0v) is 8.65. The molecule has 0 bridgehead atoms. The van der Waals surface area contributed by atoms with Crippen LogP contribution in [0.1, 0.15) is 27.2 Å². The van der Waals surface area contributed by atoms with Gasteiger partial charge in [0.25, 0.3) is 0 Å². The lowest BCUT2D eigenvalue weighted by Crippen LogP contribution is -2.34. The third-order valence-electron chi connectivity index (χ3n) is 2.65. The van der Waals surface area contributed by atoms with E-state index in [9.17, 15) is 13.2 Å². The summed E-state index contributed by atoms with van der Waals surface area (Å²) in [5, 5.41) is 0. The van der Waals surface area contributed by atoms with Gasteiger partial charge >= 0.3 is 6.18 Å². The summed E-state index contributed by atoms with van der Waals surface area (Å²) in [7, 11) is 0. The van der Waals surface area contributed by atoms with Gasteiger partial charge in [0.05, 0.1) is 5.41 Å². The summed E-state index contributed by atoms with van der Waals surface area (Å²) in [4.78, 5) is 0. The zero-order chi connectivity index (χ0) is 11.0. The van der Waals surface area contributed by atoms with E-state index in [4.69, 9.17) is 0 Å². The standard InChI is InChI=1S/C11H15F3/c1-8(2)9-5-4-6-10(3,7-9)11(12,13)14/h4-5,7-8H,6H2,1-3H3. The molecule has 1 aliphatic carbocycles. The Balaban J connectivity index is 3.00. The minimum absolute atomic E-state index is 0.0483. The van der Waals surface area contributed by atoms with Crippen molar-refractivity contribution in [2.45, 2.75) is 33.4 Å². The van der Waals surface area contributed by atoms with Crippen molar-refractivity contribution < 1.29 is 13.2 Å². The number of hydrogen-bond donors (Lipinski definition) is 0. The average molecular weight is 204 g/mol. The Morgan fingerprint density at radius 3 is 2.36 bits per heavy atom. The van der Waals surface area contributed by atoms with Gasteiger partial charge in [0, 0.05) is 0 Å². The van der Waals surface area contributed by atoms with Crippen molar-refractivity contribution in [1.29, 1.82) is 0 Å². The molecule has 0 amide bonds. The molecule has 0 heterocycles. The third-order valence-corrected chi connectivity index (χ3v) is 2.65. The molecule has 0 aromatic carbocycles. The van der Waals surface area contributed by atoms with Crippen molar-refractivity contribution in [1.82, 2.24) is 0 Å². The largest absolute Gasteiger partial charge is 0.397 e. The highest BCUT2D eigenvalue weighted by Gasteiger charge is 2.49. The number of alkyl halides is 3. The van der Waals surface area contributed by atoms with Crippen LogP contribution in [0.4, 0.5) is 13.2 Å². The van der Waals surface area contributed by atoms with Crippen LogP contribution < -0.4 is 0 Å². The monoisotopic (exact) mass is 204 g/mol. The molecule has 80 valence electrons. The first-order valence-electron chi connectivity index (χ1n) is 4.72. The lowest BCUT2D eigenvalue weighted by atomic mass is 9.78. The molecule has 0 saturated carbocycles. The van der Waals surface area contributed by atoms with Gasteiger partial charge in [0.2, 0.25) is 0 Å². The van der Waals surface area contributed by atoms with Crippen LogP contribution in [-0.4, -0.2) is 6.18 Å². The summed E-state index contributed by atoms with van der Waals surface area (Å²) in [6, 6.07) is 0. The number of halogens is 3. The van der Waals surface area contributed by atoms with Gasteiger partial charge in [-0.25, -0.2) is 0 Å². The first-order chi connectivity index (χ1) is 6.26. The second kappa shape index (κ2) is 3.44. The van der Waals surface area contributed by atoms with Gasteiger partial charge < -0.3 is 0 Å². The van der Waals surface area contributed by atoms with Gasteiger partial charge in [0.1, 0.15) is 0 Å². The van der Waals surface area contributed by atoms with Crippen LogP contribution in [0.3, 0.4) is 0 Å². The van der Waals surface area contributed by atoms with Gasteiger partial charge in [-0.2, -0.15) is 13.2 Å². The minimum atomic E-state index is -4.15. The lowest BCUT2D eigenvalue weighted by molar-refractivity contribution is -0.199. The van der Waals surface area contributed by atoms with Crippen LogP contribution in [0.2, 0.25) is 0 Å². The van der Waals surface area contributed by atoms with Crippen LogP contribution in [0.5, 0.6) is 0 Å². The minimum Gasteiger partial charge on any atom is -0.170 e. The van der Waals surface area contributed by atoms with E-state index in [0.717, 1.165) is 5.57 Å². The fourth-order valence-electron chi connectivity index (χ4n) is 1.47. The fraction of sp³-hybridized carbons (Fsp3) is 0.636. The first-order valence-corrected chi connectivity index (χ1v) is 4.72. The predicted octanol–water partition coefficient (Wildman–Crippen LogP) is 4.10. The molecule has 0 spiro atoms. The molecule has 1 unspecified atom stereocenters. The Kier molecular flexibility index (Phi) is 2.79. The summed E-state index contributed by atoms with van der Waals surface area (Å²) >= 11 is 0. The Bertz CT molecular complexity index is 271. The molecule has 1 atom stereocenters. The smallest absolute Gasteiger partial charge is 0.170 e. The van der Waals surface area contributed by atoms with E-state index in [-0.39, 0.29) is 12.3 Å². The number of hydrogen-bond acceptors (Lipinski definition) is 0. The van der Waals surface area contributed by atoms with Crippen LogP contribution >= 0.6 is 0 Å². The molecule has 0 aliphatic heterocycles. The highest BCUT2D eigenvalue weighted by Crippen LogP contribution is 2.45. The third kappa shape index (κ3) is 2.02. The number of allylic oxidation sites excluding steroid dienone is 4. The molecule has 3 heteroatoms. The SMILES string of the molecule is CC(C)C1=CC(C)(C(F)(F)F)CC=C1. The Morgan fingerprint density at radius 1 is 1.36 bits per heavy atom. The highest BCUT2D eigenvalue weighted by atomic mass is 19.4. The second-order valence-electron chi connectivity index (χ2n) is 4.32. The summed E-state index contributed by atoms with van der Waals surface area (Å²) in [6.45, 7) is 5.05. The predicted molar refractivity (Wildman–Crippen MR) is 50.8 cm³/mol. The van der Waals surface area contributed by atoms with Crippen molar-refractivity contribution in [3.63, 3.8) is 0 Å². The van der Waals surface area contributed by atoms with E-state index < -0.39 is 11.6 Å². The van der Waals surface area contributed by atoms with Crippen molar-refractivity contribution in [2.24, 2.45) is 11.3 Å². The van der Waals surface area contributed by atoms with Crippen molar-refractivity contribution in [3.8, 4) is 0 Å². The molecule has 1 rings (SSSR count). The maximum Gasteiger partial charge on any atom is 0.397 e. The Morgan fingerprint density at radius 2 is 1.93 bits per heavy atom. The number of rotatable bonds is 1. The molecule has 0 fully saturated rings. The quantitative estimate of drug-likeness (QED) is 0.603. The van der Waals surface area contributed by atoms with Crippen LogP contribution in [0, 0.1) is 11.3 Å². The molecule has 0 saturated heterocycles. The molecule has 0 radical (unpaired) electrons. The molecule has 0 nitrogen and oxygen atoms in total. The van der Waals surface area contributed by atoms with Gasteiger partial charge in [-0.1, -0.05) is 32.1 Å². The Hall–Kier alpha value is -0.730. The van der Waals surface area contributed by atoms with E-state index in [2.05, 4.69) is 0 Å². The molecule has 0 aromatic rings. The van der Waals surface area contributed by atoms with Gasteiger partial charge in [0.15, 0.2) is 0 Å². The van der Waals surface area contributed by atoms with Crippen molar-refractivity contribution >= 4 is 0 Å². The first kappa shape index (κ1) is 11.3. The van der Waals surface area contributed by atoms with Crippen LogP contribution in [0.25, 0.3) is 0 Å². The topological polar surface area (TPSA) is 0 Å². The van der Waals surface area contributed by atoms with E-state index >= 15 is 0 Å². The summed E-state index contributed by atoms with van der Waals surface area (Å²) in [6.07, 6.45) is 0.656. The zero-order valence-electron chi connectivity index (χ0n) is 8.65. The van der Waals surface area contributed by atoms with Gasteiger partial charge in [-0.05, 0) is 24.8 Å². The van der Waals surface area contributed by atoms with E-state index in [0.29, 0.717) is 0 Å². The average Bonchev–Trinajstić information content (AvgIpc) is 2.02. The summed E-state index contributed by atoms with van der Waals surface area (Å²) < 4.78 is 38.1. The van der Waals surface area contributed by atoms with Gasteiger partial charge in [-0.15, -0.1) is 0 Å². The molecular formula is C11H15F3. The molecule has 14 heavy (non-hydrogen) atoms. The molecule has 0 N–H and O–H groups in total. The molecular weight excluding hydrogens is 189 g/mol. The van der Waals surface area contributed by atoms with E-state index in [1.807, 2.05) is 13.8 Å². The Labute approximate surface area is 82.5 Å².